The molecule has 0 spiro atoms. The highest BCUT2D eigenvalue weighted by Crippen LogP contribution is 2.29. The molecule has 4 N–H and O–H groups in total. The predicted octanol–water partition coefficient (Wildman–Crippen LogP) is 6.04. The lowest BCUT2D eigenvalue weighted by atomic mass is 10.0. The van der Waals surface area contributed by atoms with E-state index in [2.05, 4.69) is 65.4 Å². The quantitative estimate of drug-likeness (QED) is 0.161. The molecule has 3 aromatic carbocycles. The molecule has 15 nitrogen and oxygen atoms in total. The number of aromatic nitrogens is 6. The average Bonchev–Trinajstić information content (AvgIpc) is 3.93. The lowest BCUT2D eigenvalue weighted by Crippen LogP contribution is -2.47. The van der Waals surface area contributed by atoms with Gasteiger partial charge in [-0.3, -0.25) is 9.59 Å². The largest absolute Gasteiger partial charge is 0.398 e. The minimum Gasteiger partial charge on any atom is -0.398 e. The summed E-state index contributed by atoms with van der Waals surface area (Å²) in [5, 5.41) is 6.64. The van der Waals surface area contributed by atoms with Gasteiger partial charge in [0.15, 0.2) is 22.9 Å². The Bertz CT molecular complexity index is 2590. The van der Waals surface area contributed by atoms with Crippen LogP contribution in [0, 0.1) is 6.92 Å². The zero-order valence-corrected chi connectivity index (χ0v) is 34.8. The Kier molecular flexibility index (Phi) is 11.5. The van der Waals surface area contributed by atoms with Gasteiger partial charge < -0.3 is 44.8 Å². The van der Waals surface area contributed by atoms with Crippen molar-refractivity contribution < 1.29 is 9.59 Å². The van der Waals surface area contributed by atoms with Crippen molar-refractivity contribution in [2.24, 2.45) is 0 Å². The van der Waals surface area contributed by atoms with E-state index in [4.69, 9.17) is 10.7 Å². The van der Waals surface area contributed by atoms with Gasteiger partial charge in [0.05, 0.1) is 5.69 Å². The third-order valence-electron chi connectivity index (χ3n) is 10.7. The third kappa shape index (κ3) is 8.89. The number of likely N-dealkylation sites (N-methyl/N-ethyl adjacent to an activating group) is 2. The van der Waals surface area contributed by atoms with Crippen molar-refractivity contribution in [2.75, 3.05) is 82.8 Å². The summed E-state index contributed by atoms with van der Waals surface area (Å²) in [5.74, 6) is 1.45. The number of nitrogen functional groups attached to an aromatic ring is 1. The molecule has 2 saturated heterocycles. The van der Waals surface area contributed by atoms with Gasteiger partial charge in [0.2, 0.25) is 0 Å². The average molecular weight is 857 g/mol. The molecule has 0 atom stereocenters. The zero-order valence-electron chi connectivity index (χ0n) is 33.2. The van der Waals surface area contributed by atoms with E-state index < -0.39 is 0 Å². The Hall–Kier alpha value is -6.36. The number of fused-ring (bicyclic) bond motifs is 2. The predicted molar refractivity (Wildman–Crippen MR) is 235 cm³/mol. The van der Waals surface area contributed by atoms with Crippen LogP contribution >= 0.6 is 15.9 Å². The summed E-state index contributed by atoms with van der Waals surface area (Å²) < 4.78 is 4.55. The molecule has 59 heavy (non-hydrogen) atoms. The van der Waals surface area contributed by atoms with E-state index in [1.165, 1.54) is 0 Å². The number of anilines is 5. The highest BCUT2D eigenvalue weighted by molar-refractivity contribution is 9.10. The molecule has 2 fully saturated rings. The summed E-state index contributed by atoms with van der Waals surface area (Å²) >= 11 is 3.41. The summed E-state index contributed by atoms with van der Waals surface area (Å²) in [6.07, 6.45) is 11.0. The fourth-order valence-electron chi connectivity index (χ4n) is 7.11. The molecule has 2 aliphatic heterocycles. The van der Waals surface area contributed by atoms with Gasteiger partial charge in [-0.25, -0.2) is 19.9 Å². The number of benzene rings is 3. The summed E-state index contributed by atoms with van der Waals surface area (Å²) in [6, 6.07) is 20.9. The first-order valence-corrected chi connectivity index (χ1v) is 20.3. The van der Waals surface area contributed by atoms with E-state index in [0.717, 1.165) is 97.5 Å². The lowest BCUT2D eigenvalue weighted by molar-refractivity contribution is 0.0657. The van der Waals surface area contributed by atoms with Crippen molar-refractivity contribution in [3.63, 3.8) is 0 Å². The SMILES string of the molecule is CN1CCN(C(=O)c2ccc(Nc3nc(Br)cn4ccnc34)cc2)CC1.Cc1c(N)cccc1-c1cn2ccnc2c(Nc2ccc(C(=O)N3CCN(C)CC3)cc2)n1. The lowest BCUT2D eigenvalue weighted by Gasteiger charge is -2.32. The molecule has 0 radical (unpaired) electrons. The highest BCUT2D eigenvalue weighted by Gasteiger charge is 2.22. The monoisotopic (exact) mass is 855 g/mol. The number of amides is 2. The number of hydrogen-bond donors (Lipinski definition) is 3. The van der Waals surface area contributed by atoms with Crippen LogP contribution in [-0.2, 0) is 0 Å². The number of carbonyl (C=O) groups excluding carboxylic acids is 2. The first kappa shape index (κ1) is 39.5. The molecular weight excluding hydrogens is 810 g/mol. The van der Waals surface area contributed by atoms with Crippen LogP contribution in [0.3, 0.4) is 0 Å². The number of carbonyl (C=O) groups is 2. The fraction of sp³-hybridized carbons (Fsp3) is 0.256. The molecular formula is C43H46BrN13O2. The Morgan fingerprint density at radius 2 is 1.12 bits per heavy atom. The zero-order chi connectivity index (χ0) is 41.0. The highest BCUT2D eigenvalue weighted by atomic mass is 79.9. The van der Waals surface area contributed by atoms with Gasteiger partial charge in [-0.05, 0) is 97.1 Å². The second kappa shape index (κ2) is 17.2. The number of hydrogen-bond acceptors (Lipinski definition) is 11. The van der Waals surface area contributed by atoms with Gasteiger partial charge in [-0.1, -0.05) is 12.1 Å². The molecule has 7 aromatic rings. The fourth-order valence-corrected chi connectivity index (χ4v) is 7.51. The first-order valence-electron chi connectivity index (χ1n) is 19.5. The molecule has 0 aliphatic carbocycles. The van der Waals surface area contributed by atoms with Crippen molar-refractivity contribution in [1.82, 2.24) is 48.3 Å². The topological polar surface area (TPSA) is 158 Å². The van der Waals surface area contributed by atoms with Crippen molar-refractivity contribution in [3.8, 4) is 11.3 Å². The number of nitrogens with two attached hydrogens (primary N) is 1. The molecule has 16 heteroatoms. The van der Waals surface area contributed by atoms with Crippen molar-refractivity contribution >= 4 is 67.7 Å². The van der Waals surface area contributed by atoms with Crippen LogP contribution in [0.2, 0.25) is 0 Å². The Balaban J connectivity index is 0.000000169. The van der Waals surface area contributed by atoms with E-state index in [1.807, 2.05) is 117 Å². The minimum atomic E-state index is 0.0718. The number of halogens is 1. The maximum atomic E-state index is 12.8. The standard InChI is InChI=1S/C25H27N7O.C18H19BrN6O/c1-17-20(4-3-5-21(17)26)22-16-32-11-10-27-24(32)23(29-22)28-19-8-6-18(7-9-19)25(33)31-14-12-30(2)13-15-31;1-23-8-10-24(11-9-23)18(26)13-2-4-14(5-3-13)21-16-17-20-6-7-25(17)12-15(19)22-16/h3-11,16H,12-15,26H2,1-2H3,(H,28,29);2-7,12H,8-11H2,1H3,(H,21,22). The van der Waals surface area contributed by atoms with Crippen LogP contribution in [0.25, 0.3) is 22.6 Å². The maximum absolute atomic E-state index is 12.8. The Morgan fingerprint density at radius 1 is 0.644 bits per heavy atom. The number of imidazole rings is 2. The normalized spacial score (nSPS) is 14.9. The van der Waals surface area contributed by atoms with Crippen LogP contribution in [-0.4, -0.2) is 127 Å². The molecule has 0 unspecified atom stereocenters. The van der Waals surface area contributed by atoms with Crippen molar-refractivity contribution in [3.05, 3.63) is 125 Å². The number of nitrogens with zero attached hydrogens (tertiary/aromatic N) is 10. The molecule has 2 amide bonds. The van der Waals surface area contributed by atoms with Crippen molar-refractivity contribution in [1.29, 1.82) is 0 Å². The summed E-state index contributed by atoms with van der Waals surface area (Å²) in [4.78, 5) is 51.8. The van der Waals surface area contributed by atoms with Crippen molar-refractivity contribution in [2.45, 2.75) is 6.92 Å². The van der Waals surface area contributed by atoms with E-state index in [9.17, 15) is 9.59 Å². The smallest absolute Gasteiger partial charge is 0.253 e. The second-order valence-corrected chi connectivity index (χ2v) is 15.6. The van der Waals surface area contributed by atoms with Gasteiger partial charge in [-0.15, -0.1) is 0 Å². The molecule has 0 saturated carbocycles. The van der Waals surface area contributed by atoms with Gasteiger partial charge in [0, 0.05) is 123 Å². The third-order valence-corrected chi connectivity index (χ3v) is 11.1. The molecule has 9 rings (SSSR count). The van der Waals surface area contributed by atoms with Crippen LogP contribution in [0.15, 0.2) is 109 Å². The van der Waals surface area contributed by atoms with E-state index in [-0.39, 0.29) is 11.8 Å². The Labute approximate surface area is 350 Å². The number of nitrogens with one attached hydrogen (secondary N) is 2. The summed E-state index contributed by atoms with van der Waals surface area (Å²) in [7, 11) is 4.16. The molecule has 302 valence electrons. The first-order chi connectivity index (χ1) is 28.6. The molecule has 0 bridgehead atoms. The molecule has 4 aromatic heterocycles. The van der Waals surface area contributed by atoms with Gasteiger partial charge in [0.25, 0.3) is 11.8 Å². The van der Waals surface area contributed by atoms with E-state index in [1.54, 1.807) is 12.4 Å². The van der Waals surface area contributed by atoms with Gasteiger partial charge in [-0.2, -0.15) is 0 Å². The minimum absolute atomic E-state index is 0.0718. The maximum Gasteiger partial charge on any atom is 0.253 e. The second-order valence-electron chi connectivity index (χ2n) is 14.8. The van der Waals surface area contributed by atoms with Crippen LogP contribution in [0.1, 0.15) is 26.3 Å². The van der Waals surface area contributed by atoms with Crippen LogP contribution in [0.4, 0.5) is 28.7 Å². The van der Waals surface area contributed by atoms with E-state index in [0.29, 0.717) is 27.4 Å². The summed E-state index contributed by atoms with van der Waals surface area (Å²) in [6.45, 7) is 8.69. The van der Waals surface area contributed by atoms with Crippen LogP contribution in [0.5, 0.6) is 0 Å². The number of piperazine rings is 2. The van der Waals surface area contributed by atoms with Gasteiger partial charge >= 0.3 is 0 Å². The molecule has 2 aliphatic rings. The molecule has 6 heterocycles. The Morgan fingerprint density at radius 3 is 1.63 bits per heavy atom. The van der Waals surface area contributed by atoms with E-state index >= 15 is 0 Å². The number of rotatable bonds is 7. The summed E-state index contributed by atoms with van der Waals surface area (Å²) in [5.41, 5.74) is 14.2. The van der Waals surface area contributed by atoms with Crippen LogP contribution < -0.4 is 16.4 Å². The van der Waals surface area contributed by atoms with Gasteiger partial charge in [0.1, 0.15) is 4.60 Å².